The van der Waals surface area contributed by atoms with E-state index >= 15 is 0 Å². The summed E-state index contributed by atoms with van der Waals surface area (Å²) in [5.74, 6) is -0.00924. The molecular weight excluding hydrogens is 435 g/mol. The summed E-state index contributed by atoms with van der Waals surface area (Å²) in [5, 5.41) is 11.7. The molecule has 2 aromatic heterocycles. The van der Waals surface area contributed by atoms with Crippen LogP contribution < -0.4 is 10.6 Å². The number of rotatable bonds is 5. The van der Waals surface area contributed by atoms with Gasteiger partial charge in [0.05, 0.1) is 31.1 Å². The van der Waals surface area contributed by atoms with Gasteiger partial charge in [-0.3, -0.25) is 4.68 Å². The van der Waals surface area contributed by atoms with Crippen molar-refractivity contribution in [3.63, 3.8) is 0 Å². The maximum absolute atomic E-state index is 13.1. The highest BCUT2D eigenvalue weighted by Gasteiger charge is 2.28. The van der Waals surface area contributed by atoms with Crippen molar-refractivity contribution in [3.8, 4) is 0 Å². The fraction of sp³-hybridized carbons (Fsp3) is 0.318. The Morgan fingerprint density at radius 1 is 1.35 bits per heavy atom. The molecule has 4 rings (SSSR count). The van der Waals surface area contributed by atoms with Gasteiger partial charge in [0.1, 0.15) is 10.8 Å². The molecule has 1 aromatic carbocycles. The fourth-order valence-corrected chi connectivity index (χ4v) is 5.40. The number of methoxy groups -OCH3 is 1. The van der Waals surface area contributed by atoms with Gasteiger partial charge in [0.25, 0.3) is 0 Å². The topological polar surface area (TPSA) is 68.2 Å². The van der Waals surface area contributed by atoms with Gasteiger partial charge in [-0.15, -0.1) is 11.3 Å². The van der Waals surface area contributed by atoms with E-state index in [1.54, 1.807) is 34.3 Å². The van der Waals surface area contributed by atoms with Crippen molar-refractivity contribution in [1.29, 1.82) is 0 Å². The van der Waals surface area contributed by atoms with Crippen LogP contribution in [0, 0.1) is 11.7 Å². The summed E-state index contributed by atoms with van der Waals surface area (Å²) in [4.78, 5) is 13.6. The van der Waals surface area contributed by atoms with E-state index < -0.39 is 0 Å². The number of carbonyl (C=O) groups excluding carboxylic acids is 1. The molecular formula is C22H23FN4O2S2. The Labute approximate surface area is 189 Å². The van der Waals surface area contributed by atoms with Gasteiger partial charge in [0, 0.05) is 11.1 Å². The predicted octanol–water partition coefficient (Wildman–Crippen LogP) is 4.85. The summed E-state index contributed by atoms with van der Waals surface area (Å²) in [6, 6.07) is 6.31. The first-order valence-corrected chi connectivity index (χ1v) is 11.2. The van der Waals surface area contributed by atoms with Crippen LogP contribution in [0.15, 0.2) is 36.7 Å². The first-order chi connectivity index (χ1) is 14.9. The SMILES string of the molecule is COC(=O)c1c(NC(=S)Nc2cnn(Cc3ccc(F)cc3)c2)sc2c1CCC(C)C2. The van der Waals surface area contributed by atoms with Gasteiger partial charge >= 0.3 is 5.97 Å². The van der Waals surface area contributed by atoms with Crippen LogP contribution in [-0.2, 0) is 24.1 Å². The number of ether oxygens (including phenoxy) is 1. The van der Waals surface area contributed by atoms with E-state index in [-0.39, 0.29) is 11.8 Å². The monoisotopic (exact) mass is 458 g/mol. The maximum atomic E-state index is 13.1. The highest BCUT2D eigenvalue weighted by molar-refractivity contribution is 7.80. The van der Waals surface area contributed by atoms with Gasteiger partial charge in [-0.05, 0) is 60.7 Å². The molecule has 2 heterocycles. The second-order valence-corrected chi connectivity index (χ2v) is 9.19. The molecule has 6 nitrogen and oxygen atoms in total. The van der Waals surface area contributed by atoms with Gasteiger partial charge in [0.2, 0.25) is 0 Å². The Morgan fingerprint density at radius 2 is 2.13 bits per heavy atom. The molecule has 0 amide bonds. The first-order valence-electron chi connectivity index (χ1n) is 10.0. The van der Waals surface area contributed by atoms with Crippen molar-refractivity contribution < 1.29 is 13.9 Å². The number of aromatic nitrogens is 2. The van der Waals surface area contributed by atoms with Crippen LogP contribution in [-0.4, -0.2) is 28.0 Å². The maximum Gasteiger partial charge on any atom is 0.341 e. The van der Waals surface area contributed by atoms with Gasteiger partial charge in [-0.1, -0.05) is 19.1 Å². The third-order valence-electron chi connectivity index (χ3n) is 5.28. The molecule has 1 atom stereocenters. The standard InChI is InChI=1S/C22H23FN4O2S2/c1-13-3-8-17-18(9-13)31-20(19(17)21(28)29-2)26-22(30)25-16-10-24-27(12-16)11-14-4-6-15(23)7-5-14/h4-7,10,12-13H,3,8-9,11H2,1-2H3,(H2,25,26,30). The van der Waals surface area contributed by atoms with Crippen LogP contribution in [0.4, 0.5) is 15.1 Å². The molecule has 0 saturated carbocycles. The van der Waals surface area contributed by atoms with Crippen molar-refractivity contribution >= 4 is 45.3 Å². The van der Waals surface area contributed by atoms with Crippen molar-refractivity contribution in [2.45, 2.75) is 32.7 Å². The largest absolute Gasteiger partial charge is 0.465 e. The molecule has 0 saturated heterocycles. The number of esters is 1. The van der Waals surface area contributed by atoms with Crippen molar-refractivity contribution in [2.75, 3.05) is 17.7 Å². The Morgan fingerprint density at radius 3 is 2.87 bits per heavy atom. The predicted molar refractivity (Wildman–Crippen MR) is 124 cm³/mol. The number of halogens is 1. The minimum atomic E-state index is -0.343. The van der Waals surface area contributed by atoms with E-state index in [4.69, 9.17) is 17.0 Å². The molecule has 0 fully saturated rings. The van der Waals surface area contributed by atoms with Crippen LogP contribution in [0.2, 0.25) is 0 Å². The smallest absolute Gasteiger partial charge is 0.341 e. The molecule has 0 radical (unpaired) electrons. The number of thiocarbonyl (C=S) groups is 1. The average molecular weight is 459 g/mol. The second kappa shape index (κ2) is 9.15. The minimum absolute atomic E-state index is 0.265. The molecule has 0 spiro atoms. The molecule has 1 aliphatic carbocycles. The lowest BCUT2D eigenvalue weighted by atomic mass is 9.88. The first kappa shape index (κ1) is 21.5. The van der Waals surface area contributed by atoms with E-state index in [1.165, 1.54) is 24.1 Å². The molecule has 9 heteroatoms. The molecule has 31 heavy (non-hydrogen) atoms. The van der Waals surface area contributed by atoms with Crippen LogP contribution in [0.5, 0.6) is 0 Å². The Bertz CT molecular complexity index is 1110. The normalized spacial score (nSPS) is 15.3. The Kier molecular flexibility index (Phi) is 6.33. The summed E-state index contributed by atoms with van der Waals surface area (Å²) in [5.41, 5.74) is 3.32. The highest BCUT2D eigenvalue weighted by atomic mass is 32.1. The van der Waals surface area contributed by atoms with Gasteiger partial charge in [-0.25, -0.2) is 9.18 Å². The van der Waals surface area contributed by atoms with Crippen LogP contribution in [0.1, 0.15) is 39.7 Å². The highest BCUT2D eigenvalue weighted by Crippen LogP contribution is 2.40. The second-order valence-electron chi connectivity index (χ2n) is 7.68. The van der Waals surface area contributed by atoms with E-state index in [1.807, 2.05) is 6.20 Å². The Hall–Kier alpha value is -2.78. The lowest BCUT2D eigenvalue weighted by Crippen LogP contribution is -2.20. The molecule has 2 N–H and O–H groups in total. The average Bonchev–Trinajstić information content (AvgIpc) is 3.32. The number of anilines is 2. The molecule has 0 aliphatic heterocycles. The van der Waals surface area contributed by atoms with Crippen molar-refractivity contribution in [1.82, 2.24) is 9.78 Å². The summed E-state index contributed by atoms with van der Waals surface area (Å²) >= 11 is 7.04. The lowest BCUT2D eigenvalue weighted by molar-refractivity contribution is 0.0601. The van der Waals surface area contributed by atoms with Crippen molar-refractivity contribution in [3.05, 3.63) is 64.0 Å². The molecule has 1 aliphatic rings. The van der Waals surface area contributed by atoms with E-state index in [2.05, 4.69) is 22.7 Å². The number of fused-ring (bicyclic) bond motifs is 1. The summed E-state index contributed by atoms with van der Waals surface area (Å²) in [7, 11) is 1.40. The zero-order chi connectivity index (χ0) is 22.0. The van der Waals surface area contributed by atoms with Gasteiger partial charge < -0.3 is 15.4 Å². The van der Waals surface area contributed by atoms with E-state index in [0.29, 0.717) is 33.8 Å². The number of nitrogens with one attached hydrogen (secondary N) is 2. The summed E-state index contributed by atoms with van der Waals surface area (Å²) in [6.45, 7) is 2.74. The summed E-state index contributed by atoms with van der Waals surface area (Å²) < 4.78 is 19.8. The molecule has 1 unspecified atom stereocenters. The molecule has 0 bridgehead atoms. The summed E-state index contributed by atoms with van der Waals surface area (Å²) in [6.07, 6.45) is 6.38. The molecule has 162 valence electrons. The number of nitrogens with zero attached hydrogens (tertiary/aromatic N) is 2. The third kappa shape index (κ3) is 4.94. The molecule has 3 aromatic rings. The lowest BCUT2D eigenvalue weighted by Gasteiger charge is -2.18. The van der Waals surface area contributed by atoms with Crippen LogP contribution >= 0.6 is 23.6 Å². The number of hydrogen-bond donors (Lipinski definition) is 2. The number of benzene rings is 1. The van der Waals surface area contributed by atoms with Gasteiger partial charge in [-0.2, -0.15) is 5.10 Å². The van der Waals surface area contributed by atoms with Crippen LogP contribution in [0.3, 0.4) is 0 Å². The zero-order valence-electron chi connectivity index (χ0n) is 17.3. The minimum Gasteiger partial charge on any atom is -0.465 e. The van der Waals surface area contributed by atoms with E-state index in [0.717, 1.165) is 30.4 Å². The number of hydrogen-bond acceptors (Lipinski definition) is 5. The Balaban J connectivity index is 1.45. The number of carbonyl (C=O) groups is 1. The fourth-order valence-electron chi connectivity index (χ4n) is 3.71. The quantitative estimate of drug-likeness (QED) is 0.421. The van der Waals surface area contributed by atoms with Crippen molar-refractivity contribution in [2.24, 2.45) is 5.92 Å². The van der Waals surface area contributed by atoms with Crippen LogP contribution in [0.25, 0.3) is 0 Å². The third-order valence-corrected chi connectivity index (χ3v) is 6.65. The van der Waals surface area contributed by atoms with E-state index in [9.17, 15) is 9.18 Å². The zero-order valence-corrected chi connectivity index (χ0v) is 18.9. The van der Waals surface area contributed by atoms with Gasteiger partial charge in [0.15, 0.2) is 5.11 Å². The number of thiophene rings is 1.